The summed E-state index contributed by atoms with van der Waals surface area (Å²) in [7, 11) is 0. The van der Waals surface area contributed by atoms with E-state index in [9.17, 15) is 4.79 Å². The number of carbonyl (C=O) groups is 1. The van der Waals surface area contributed by atoms with Crippen molar-refractivity contribution in [2.75, 3.05) is 18.4 Å². The van der Waals surface area contributed by atoms with Crippen LogP contribution in [0.5, 0.6) is 0 Å². The monoisotopic (exact) mass is 390 g/mol. The van der Waals surface area contributed by atoms with Crippen molar-refractivity contribution in [2.24, 2.45) is 0 Å². The van der Waals surface area contributed by atoms with E-state index in [1.165, 1.54) is 61.9 Å². The molecule has 0 spiro atoms. The van der Waals surface area contributed by atoms with Crippen LogP contribution in [0.25, 0.3) is 0 Å². The molecule has 0 bridgehead atoms. The third-order valence-electron chi connectivity index (χ3n) is 6.61. The molecule has 29 heavy (non-hydrogen) atoms. The summed E-state index contributed by atoms with van der Waals surface area (Å²) in [5, 5.41) is 6.39. The normalized spacial score (nSPS) is 19.7. The van der Waals surface area contributed by atoms with Crippen molar-refractivity contribution in [3.8, 4) is 0 Å². The quantitative estimate of drug-likeness (QED) is 0.792. The summed E-state index contributed by atoms with van der Waals surface area (Å²) >= 11 is 0. The highest BCUT2D eigenvalue weighted by atomic mass is 16.1. The average molecular weight is 391 g/mol. The molecule has 2 saturated carbocycles. The number of amides is 1. The molecule has 5 nitrogen and oxygen atoms in total. The summed E-state index contributed by atoms with van der Waals surface area (Å²) in [6.07, 6.45) is 10.5. The summed E-state index contributed by atoms with van der Waals surface area (Å²) in [5.41, 5.74) is 4.71. The molecule has 0 saturated heterocycles. The van der Waals surface area contributed by atoms with Gasteiger partial charge in [0.05, 0.1) is 5.56 Å². The Kier molecular flexibility index (Phi) is 5.23. The van der Waals surface area contributed by atoms with Crippen molar-refractivity contribution in [2.45, 2.75) is 63.6 Å². The fraction of sp³-hybridized carbons (Fsp3) is 0.500. The molecule has 1 aromatic heterocycles. The number of nitrogens with one attached hydrogen (secondary N) is 2. The zero-order valence-electron chi connectivity index (χ0n) is 17.0. The second-order valence-corrected chi connectivity index (χ2v) is 8.76. The van der Waals surface area contributed by atoms with E-state index < -0.39 is 0 Å². The molecule has 2 heterocycles. The van der Waals surface area contributed by atoms with Crippen LogP contribution in [0.1, 0.15) is 59.2 Å². The van der Waals surface area contributed by atoms with E-state index in [4.69, 9.17) is 0 Å². The molecule has 2 aliphatic carbocycles. The minimum Gasteiger partial charge on any atom is -0.367 e. The van der Waals surface area contributed by atoms with Crippen LogP contribution in [-0.4, -0.2) is 41.0 Å². The first kappa shape index (κ1) is 18.6. The van der Waals surface area contributed by atoms with Crippen molar-refractivity contribution >= 4 is 11.7 Å². The number of anilines is 1. The molecule has 0 unspecified atom stereocenters. The summed E-state index contributed by atoms with van der Waals surface area (Å²) < 4.78 is 0. The van der Waals surface area contributed by atoms with Gasteiger partial charge >= 0.3 is 0 Å². The maximum atomic E-state index is 12.5. The summed E-state index contributed by atoms with van der Waals surface area (Å²) in [4.78, 5) is 19.5. The molecule has 2 fully saturated rings. The molecule has 0 radical (unpaired) electrons. The molecule has 3 aliphatic rings. The van der Waals surface area contributed by atoms with Gasteiger partial charge in [-0.3, -0.25) is 9.69 Å². The number of hydrogen-bond donors (Lipinski definition) is 2. The molecule has 1 amide bonds. The van der Waals surface area contributed by atoms with E-state index in [0.29, 0.717) is 18.2 Å². The van der Waals surface area contributed by atoms with Crippen LogP contribution >= 0.6 is 0 Å². The highest BCUT2D eigenvalue weighted by molar-refractivity contribution is 5.94. The zero-order chi connectivity index (χ0) is 19.6. The van der Waals surface area contributed by atoms with Crippen LogP contribution in [0, 0.1) is 0 Å². The Morgan fingerprint density at radius 1 is 1.03 bits per heavy atom. The van der Waals surface area contributed by atoms with Gasteiger partial charge < -0.3 is 10.6 Å². The maximum absolute atomic E-state index is 12.5. The van der Waals surface area contributed by atoms with Crippen LogP contribution < -0.4 is 10.6 Å². The van der Waals surface area contributed by atoms with Gasteiger partial charge in [-0.15, -0.1) is 0 Å². The predicted molar refractivity (Wildman–Crippen MR) is 115 cm³/mol. The zero-order valence-corrected chi connectivity index (χ0v) is 17.0. The van der Waals surface area contributed by atoms with Gasteiger partial charge in [-0.1, -0.05) is 24.6 Å². The number of rotatable bonds is 6. The lowest BCUT2D eigenvalue weighted by molar-refractivity contribution is 0.0950. The van der Waals surface area contributed by atoms with Crippen LogP contribution in [0.3, 0.4) is 0 Å². The lowest BCUT2D eigenvalue weighted by Crippen LogP contribution is -2.41. The number of aromatic nitrogens is 1. The van der Waals surface area contributed by atoms with E-state index in [1.54, 1.807) is 6.20 Å². The minimum absolute atomic E-state index is 0.0680. The largest absolute Gasteiger partial charge is 0.367 e. The minimum atomic E-state index is -0.0680. The molecule has 2 N–H and O–H groups in total. The molecule has 2 aromatic rings. The Morgan fingerprint density at radius 3 is 2.55 bits per heavy atom. The van der Waals surface area contributed by atoms with E-state index >= 15 is 0 Å². The number of nitrogens with zero attached hydrogens (tertiary/aromatic N) is 2. The van der Waals surface area contributed by atoms with Gasteiger partial charge in [0, 0.05) is 37.9 Å². The van der Waals surface area contributed by atoms with E-state index in [1.807, 2.05) is 12.1 Å². The van der Waals surface area contributed by atoms with Gasteiger partial charge in [-0.25, -0.2) is 4.98 Å². The molecule has 1 aliphatic heterocycles. The highest BCUT2D eigenvalue weighted by Crippen LogP contribution is 2.27. The van der Waals surface area contributed by atoms with Gasteiger partial charge in [-0.2, -0.15) is 0 Å². The van der Waals surface area contributed by atoms with Crippen LogP contribution in [-0.2, 0) is 19.4 Å². The van der Waals surface area contributed by atoms with Gasteiger partial charge in [0.2, 0.25) is 0 Å². The highest BCUT2D eigenvalue weighted by Gasteiger charge is 2.26. The van der Waals surface area contributed by atoms with Gasteiger partial charge in [0.1, 0.15) is 5.82 Å². The maximum Gasteiger partial charge on any atom is 0.253 e. The van der Waals surface area contributed by atoms with Crippen molar-refractivity contribution in [1.82, 2.24) is 15.2 Å². The molecule has 152 valence electrons. The number of benzene rings is 1. The molecule has 5 rings (SSSR count). The lowest BCUT2D eigenvalue weighted by atomic mass is 9.91. The van der Waals surface area contributed by atoms with Gasteiger partial charge in [0.15, 0.2) is 0 Å². The molecule has 0 atom stereocenters. The SMILES string of the molecule is O=C(NCc1ccc2c(c1)CCN(C1CCC1)CC2)c1ccc(NC2CC2)nc1. The third-order valence-corrected chi connectivity index (χ3v) is 6.61. The average Bonchev–Trinajstić information content (AvgIpc) is 3.53. The number of carbonyl (C=O) groups excluding carboxylic acids is 1. The Bertz CT molecular complexity index is 871. The molecule has 1 aromatic carbocycles. The second-order valence-electron chi connectivity index (χ2n) is 8.76. The Morgan fingerprint density at radius 2 is 1.86 bits per heavy atom. The van der Waals surface area contributed by atoms with E-state index in [0.717, 1.165) is 24.7 Å². The molecule has 5 heteroatoms. The lowest BCUT2D eigenvalue weighted by Gasteiger charge is -2.36. The van der Waals surface area contributed by atoms with Gasteiger partial charge in [0.25, 0.3) is 5.91 Å². The van der Waals surface area contributed by atoms with Crippen LogP contribution in [0.2, 0.25) is 0 Å². The van der Waals surface area contributed by atoms with Crippen molar-refractivity contribution in [1.29, 1.82) is 0 Å². The summed E-state index contributed by atoms with van der Waals surface area (Å²) in [6.45, 7) is 2.91. The topological polar surface area (TPSA) is 57.3 Å². The van der Waals surface area contributed by atoms with Crippen molar-refractivity contribution in [3.63, 3.8) is 0 Å². The number of pyridine rings is 1. The Hall–Kier alpha value is -2.40. The molecular formula is C24H30N4O. The van der Waals surface area contributed by atoms with Crippen molar-refractivity contribution < 1.29 is 4.79 Å². The van der Waals surface area contributed by atoms with Crippen LogP contribution in [0.4, 0.5) is 5.82 Å². The van der Waals surface area contributed by atoms with E-state index in [2.05, 4.69) is 38.7 Å². The second kappa shape index (κ2) is 8.15. The first-order valence-corrected chi connectivity index (χ1v) is 11.1. The first-order chi connectivity index (χ1) is 14.2. The fourth-order valence-electron chi connectivity index (χ4n) is 4.36. The smallest absolute Gasteiger partial charge is 0.253 e. The van der Waals surface area contributed by atoms with Crippen molar-refractivity contribution in [3.05, 3.63) is 58.8 Å². The summed E-state index contributed by atoms with van der Waals surface area (Å²) in [6, 6.07) is 11.8. The number of hydrogen-bond acceptors (Lipinski definition) is 4. The standard InChI is InChI=1S/C24H30N4O/c29-24(20-6-9-23(25-16-20)27-21-7-8-21)26-15-17-4-5-18-10-12-28(22-2-1-3-22)13-11-19(18)14-17/h4-6,9,14,16,21-22H,1-3,7-8,10-13,15H2,(H,25,27)(H,26,29). The van der Waals surface area contributed by atoms with E-state index in [-0.39, 0.29) is 5.91 Å². The summed E-state index contributed by atoms with van der Waals surface area (Å²) in [5.74, 6) is 0.785. The fourth-order valence-corrected chi connectivity index (χ4v) is 4.36. The predicted octanol–water partition coefficient (Wildman–Crippen LogP) is 3.54. The third kappa shape index (κ3) is 4.45. The Balaban J connectivity index is 1.17. The first-order valence-electron chi connectivity index (χ1n) is 11.1. The van der Waals surface area contributed by atoms with Gasteiger partial charge in [-0.05, 0) is 67.3 Å². The molecular weight excluding hydrogens is 360 g/mol. The Labute approximate surface area is 172 Å². The van der Waals surface area contributed by atoms with Crippen LogP contribution in [0.15, 0.2) is 36.5 Å². The number of fused-ring (bicyclic) bond motifs is 1.